The fraction of sp³-hybridized carbons (Fsp3) is 0.360. The minimum Gasteiger partial charge on any atom is -0.482 e. The highest BCUT2D eigenvalue weighted by Crippen LogP contribution is 2.33. The van der Waals surface area contributed by atoms with Crippen molar-refractivity contribution in [2.24, 2.45) is 0 Å². The molecule has 11 nitrogen and oxygen atoms in total. The van der Waals surface area contributed by atoms with Crippen LogP contribution in [0.15, 0.2) is 53.7 Å². The Morgan fingerprint density at radius 2 is 1.97 bits per heavy atom. The molecule has 3 aromatic heterocycles. The van der Waals surface area contributed by atoms with E-state index in [1.807, 2.05) is 0 Å². The molecule has 6 rings (SSSR count). The van der Waals surface area contributed by atoms with E-state index in [4.69, 9.17) is 4.74 Å². The van der Waals surface area contributed by atoms with Crippen LogP contribution in [0, 0.1) is 0 Å². The van der Waals surface area contributed by atoms with E-state index in [0.717, 1.165) is 13.0 Å². The second kappa shape index (κ2) is 9.85. The number of benzene rings is 1. The van der Waals surface area contributed by atoms with Gasteiger partial charge in [-0.1, -0.05) is 0 Å². The summed E-state index contributed by atoms with van der Waals surface area (Å²) < 4.78 is 45.7. The number of hydrogen-bond acceptors (Lipinski definition) is 9. The molecule has 1 N–H and O–H groups in total. The van der Waals surface area contributed by atoms with Crippen molar-refractivity contribution < 1.29 is 22.7 Å². The van der Waals surface area contributed by atoms with E-state index in [1.165, 1.54) is 46.2 Å². The van der Waals surface area contributed by atoms with Crippen molar-refractivity contribution in [3.63, 3.8) is 0 Å². The quantitative estimate of drug-likeness (QED) is 0.333. The number of ether oxygens (including phenoxy) is 1. The maximum atomic E-state index is 13.8. The molecule has 0 radical (unpaired) electrons. The molecule has 4 heterocycles. The molecule has 1 saturated carbocycles. The fourth-order valence-corrected chi connectivity index (χ4v) is 4.85. The molecule has 202 valence electrons. The van der Waals surface area contributed by atoms with Crippen LogP contribution in [-0.4, -0.2) is 78.2 Å². The molecule has 4 aromatic rings. The van der Waals surface area contributed by atoms with Gasteiger partial charge in [-0.05, 0) is 36.8 Å². The van der Waals surface area contributed by atoms with Crippen molar-refractivity contribution in [1.29, 1.82) is 0 Å². The molecular formula is C25H23F3N8O3. The number of nitrogens with zero attached hydrogens (tertiary/aromatic N) is 7. The van der Waals surface area contributed by atoms with E-state index in [9.17, 15) is 22.8 Å². The highest BCUT2D eigenvalue weighted by molar-refractivity contribution is 5.96. The Kier molecular flexibility index (Phi) is 6.35. The Labute approximate surface area is 219 Å². The second-order valence-electron chi connectivity index (χ2n) is 9.45. The zero-order chi connectivity index (χ0) is 27.1. The lowest BCUT2D eigenvalue weighted by Gasteiger charge is -2.28. The summed E-state index contributed by atoms with van der Waals surface area (Å²) in [6.45, 7) is -0.0230. The highest BCUT2D eigenvalue weighted by atomic mass is 19.4. The molecule has 1 aliphatic carbocycles. The first-order valence-electron chi connectivity index (χ1n) is 12.3. The molecular weight excluding hydrogens is 517 g/mol. The largest absolute Gasteiger partial charge is 0.482 e. The Balaban J connectivity index is 1.48. The van der Waals surface area contributed by atoms with Crippen LogP contribution in [0.3, 0.4) is 0 Å². The molecule has 2 fully saturated rings. The average Bonchev–Trinajstić information content (AvgIpc) is 3.54. The van der Waals surface area contributed by atoms with Gasteiger partial charge in [-0.2, -0.15) is 28.2 Å². The third-order valence-corrected chi connectivity index (χ3v) is 6.75. The molecule has 0 spiro atoms. The van der Waals surface area contributed by atoms with Gasteiger partial charge >= 0.3 is 6.18 Å². The smallest absolute Gasteiger partial charge is 0.422 e. The summed E-state index contributed by atoms with van der Waals surface area (Å²) in [7, 11) is 0. The summed E-state index contributed by atoms with van der Waals surface area (Å²) in [5.74, 6) is -0.323. The topological polar surface area (TPSA) is 120 Å². The lowest BCUT2D eigenvalue weighted by atomic mass is 10.1. The van der Waals surface area contributed by atoms with Gasteiger partial charge in [0.2, 0.25) is 0 Å². The average molecular weight is 541 g/mol. The van der Waals surface area contributed by atoms with Crippen molar-refractivity contribution >= 4 is 16.8 Å². The molecule has 14 heteroatoms. The van der Waals surface area contributed by atoms with E-state index in [2.05, 4.69) is 30.4 Å². The lowest BCUT2D eigenvalue weighted by molar-refractivity contribution is -0.153. The number of pyridine rings is 1. The number of ketones is 1. The van der Waals surface area contributed by atoms with Gasteiger partial charge in [0, 0.05) is 36.9 Å². The van der Waals surface area contributed by atoms with E-state index in [1.54, 1.807) is 12.1 Å². The Bertz CT molecular complexity index is 1590. The first-order valence-corrected chi connectivity index (χ1v) is 12.3. The van der Waals surface area contributed by atoms with Gasteiger partial charge in [0.25, 0.3) is 5.56 Å². The summed E-state index contributed by atoms with van der Waals surface area (Å²) in [5, 5.41) is 11.5. The van der Waals surface area contributed by atoms with Crippen LogP contribution in [0.5, 0.6) is 5.75 Å². The van der Waals surface area contributed by atoms with Crippen LogP contribution < -0.4 is 15.6 Å². The Morgan fingerprint density at radius 3 is 2.77 bits per heavy atom. The predicted octanol–water partition coefficient (Wildman–Crippen LogP) is 1.74. The zero-order valence-corrected chi connectivity index (χ0v) is 20.5. The molecule has 1 saturated heterocycles. The number of carbonyl (C=O) groups excluding carboxylic acids is 1. The van der Waals surface area contributed by atoms with Gasteiger partial charge in [0.15, 0.2) is 18.0 Å². The van der Waals surface area contributed by atoms with E-state index in [0.29, 0.717) is 12.6 Å². The third-order valence-electron chi connectivity index (χ3n) is 6.75. The van der Waals surface area contributed by atoms with E-state index >= 15 is 0 Å². The lowest BCUT2D eigenvalue weighted by Crippen LogP contribution is -2.44. The van der Waals surface area contributed by atoms with Gasteiger partial charge in [-0.25, -0.2) is 9.97 Å². The van der Waals surface area contributed by atoms with Crippen LogP contribution in [0.4, 0.5) is 13.2 Å². The second-order valence-corrected chi connectivity index (χ2v) is 9.45. The molecule has 39 heavy (non-hydrogen) atoms. The molecule has 2 aliphatic rings. The number of hydrogen-bond donors (Lipinski definition) is 1. The Morgan fingerprint density at radius 1 is 1.15 bits per heavy atom. The molecule has 2 unspecified atom stereocenters. The minimum absolute atomic E-state index is 0.0146. The van der Waals surface area contributed by atoms with Gasteiger partial charge in [-0.3, -0.25) is 19.1 Å². The standard InChI is InChI=1S/C25H23F3N8O3/c26-25(27,28)14-39-21-4-3-15(20(37)12-35-31-6-7-32-35)10-19(21)36-22(13-34-9-8-29-17-11-18(17)34)33-23-16(24(36)38)2-1-5-30-23/h1-7,10,17-18,29H,8-9,11-14H2. The first-order chi connectivity index (χ1) is 18.8. The zero-order valence-electron chi connectivity index (χ0n) is 20.5. The number of carbonyl (C=O) groups is 1. The van der Waals surface area contributed by atoms with Crippen molar-refractivity contribution in [3.8, 4) is 11.4 Å². The van der Waals surface area contributed by atoms with E-state index in [-0.39, 0.29) is 53.0 Å². The summed E-state index contributed by atoms with van der Waals surface area (Å²) >= 11 is 0. The van der Waals surface area contributed by atoms with Crippen LogP contribution in [0.25, 0.3) is 16.7 Å². The van der Waals surface area contributed by atoms with Gasteiger partial charge in [0.05, 0.1) is 30.0 Å². The number of nitrogens with one attached hydrogen (secondary N) is 1. The molecule has 1 aliphatic heterocycles. The SMILES string of the molecule is O=C(Cn1nccn1)c1ccc(OCC(F)(F)F)c(-n2c(CN3CCNC4CC43)nc3ncccc3c2=O)c1. The van der Waals surface area contributed by atoms with Gasteiger partial charge in [-0.15, -0.1) is 0 Å². The van der Waals surface area contributed by atoms with Gasteiger partial charge < -0.3 is 10.1 Å². The number of rotatable bonds is 8. The summed E-state index contributed by atoms with van der Waals surface area (Å²) in [6, 6.07) is 7.74. The van der Waals surface area contributed by atoms with Crippen LogP contribution in [0.1, 0.15) is 22.6 Å². The molecule has 0 bridgehead atoms. The number of Topliss-reactive ketones (excluding diaryl/α,β-unsaturated/α-hetero) is 1. The fourth-order valence-electron chi connectivity index (χ4n) is 4.85. The van der Waals surface area contributed by atoms with E-state index < -0.39 is 24.1 Å². The molecule has 0 amide bonds. The number of alkyl halides is 3. The van der Waals surface area contributed by atoms with Crippen LogP contribution in [0.2, 0.25) is 0 Å². The number of fused-ring (bicyclic) bond motifs is 2. The van der Waals surface area contributed by atoms with Crippen molar-refractivity contribution in [3.05, 3.63) is 70.7 Å². The first kappa shape index (κ1) is 25.1. The van der Waals surface area contributed by atoms with Crippen molar-refractivity contribution in [2.45, 2.75) is 37.8 Å². The summed E-state index contributed by atoms with van der Waals surface area (Å²) in [6.07, 6.45) is 0.715. The Hall–Kier alpha value is -4.17. The predicted molar refractivity (Wildman–Crippen MR) is 132 cm³/mol. The van der Waals surface area contributed by atoms with Crippen LogP contribution in [-0.2, 0) is 13.1 Å². The monoisotopic (exact) mass is 540 g/mol. The van der Waals surface area contributed by atoms with Crippen LogP contribution >= 0.6 is 0 Å². The number of piperazine rings is 1. The summed E-state index contributed by atoms with van der Waals surface area (Å²) in [4.78, 5) is 39.1. The maximum absolute atomic E-state index is 13.8. The highest BCUT2D eigenvalue weighted by Gasteiger charge is 2.44. The number of aromatic nitrogens is 6. The number of halogens is 3. The summed E-state index contributed by atoms with van der Waals surface area (Å²) in [5.41, 5.74) is -0.166. The molecule has 2 atom stereocenters. The minimum atomic E-state index is -4.61. The third kappa shape index (κ3) is 5.25. The normalized spacial score (nSPS) is 19.2. The molecule has 1 aromatic carbocycles. The maximum Gasteiger partial charge on any atom is 0.422 e. The van der Waals surface area contributed by atoms with Gasteiger partial charge in [0.1, 0.15) is 18.1 Å². The van der Waals surface area contributed by atoms with Crippen molar-refractivity contribution in [2.75, 3.05) is 19.7 Å². The van der Waals surface area contributed by atoms with Crippen molar-refractivity contribution in [1.82, 2.24) is 39.7 Å².